The Labute approximate surface area is 67.6 Å². The molecular weight excluding hydrogens is 136 g/mol. The van der Waals surface area contributed by atoms with Crippen LogP contribution in [0.25, 0.3) is 0 Å². The Morgan fingerprint density at radius 1 is 1.36 bits per heavy atom. The lowest BCUT2D eigenvalue weighted by Gasteiger charge is -2.24. The summed E-state index contributed by atoms with van der Waals surface area (Å²) in [7, 11) is 0. The summed E-state index contributed by atoms with van der Waals surface area (Å²) in [5, 5.41) is 12.2. The normalized spacial score (nSPS) is 34.3. The third kappa shape index (κ3) is 0.954. The zero-order valence-electron chi connectivity index (χ0n) is 6.77. The molecule has 0 bridgehead atoms. The molecule has 2 heteroatoms. The van der Waals surface area contributed by atoms with Gasteiger partial charge >= 0.3 is 0 Å². The summed E-state index contributed by atoms with van der Waals surface area (Å²) < 4.78 is 0. The van der Waals surface area contributed by atoms with Crippen molar-refractivity contribution < 1.29 is 0 Å². The summed E-state index contributed by atoms with van der Waals surface area (Å²) in [6.45, 7) is 2.02. The topological polar surface area (TPSA) is 35.8 Å². The minimum Gasteiger partial charge on any atom is -0.315 e. The fourth-order valence-corrected chi connectivity index (χ4v) is 2.59. The lowest BCUT2D eigenvalue weighted by atomic mass is 9.77. The van der Waals surface area contributed by atoms with Gasteiger partial charge < -0.3 is 5.32 Å². The Hall–Kier alpha value is -0.550. The Bertz CT molecular complexity index is 181. The molecule has 0 aromatic rings. The van der Waals surface area contributed by atoms with E-state index in [2.05, 4.69) is 11.4 Å². The molecule has 1 saturated carbocycles. The van der Waals surface area contributed by atoms with Gasteiger partial charge in [0.1, 0.15) is 0 Å². The van der Waals surface area contributed by atoms with E-state index in [1.165, 1.54) is 25.7 Å². The van der Waals surface area contributed by atoms with Crippen LogP contribution >= 0.6 is 0 Å². The van der Waals surface area contributed by atoms with Gasteiger partial charge in [0, 0.05) is 13.1 Å². The van der Waals surface area contributed by atoms with E-state index in [1.807, 2.05) is 0 Å². The fourth-order valence-electron chi connectivity index (χ4n) is 2.59. The van der Waals surface area contributed by atoms with Crippen molar-refractivity contribution in [2.24, 2.45) is 11.3 Å². The first-order valence-corrected chi connectivity index (χ1v) is 4.48. The average molecular weight is 150 g/mol. The van der Waals surface area contributed by atoms with Gasteiger partial charge in [0.25, 0.3) is 0 Å². The van der Waals surface area contributed by atoms with Crippen LogP contribution in [0.15, 0.2) is 0 Å². The lowest BCUT2D eigenvalue weighted by Crippen LogP contribution is -2.25. The van der Waals surface area contributed by atoms with E-state index in [-0.39, 0.29) is 0 Å². The van der Waals surface area contributed by atoms with Crippen molar-refractivity contribution in [3.05, 3.63) is 0 Å². The summed E-state index contributed by atoms with van der Waals surface area (Å²) in [5.74, 6) is 0.296. The van der Waals surface area contributed by atoms with Crippen LogP contribution in [-0.4, -0.2) is 13.1 Å². The molecule has 1 aliphatic heterocycles. The predicted molar refractivity (Wildman–Crippen MR) is 42.9 cm³/mol. The summed E-state index contributed by atoms with van der Waals surface area (Å²) in [6.07, 6.45) is 5.22. The Morgan fingerprint density at radius 2 is 2.09 bits per heavy atom. The zero-order valence-corrected chi connectivity index (χ0v) is 6.77. The summed E-state index contributed by atoms with van der Waals surface area (Å²) in [5.41, 5.74) is 0.384. The molecule has 0 aromatic carbocycles. The molecule has 1 aliphatic carbocycles. The maximum atomic E-state index is 8.90. The van der Waals surface area contributed by atoms with Crippen molar-refractivity contribution in [1.82, 2.24) is 5.32 Å². The molecule has 0 amide bonds. The zero-order chi connectivity index (χ0) is 7.73. The van der Waals surface area contributed by atoms with Gasteiger partial charge in [-0.15, -0.1) is 0 Å². The molecule has 0 aromatic heterocycles. The van der Waals surface area contributed by atoms with Crippen LogP contribution in [0.5, 0.6) is 0 Å². The molecule has 2 nitrogen and oxygen atoms in total. The van der Waals surface area contributed by atoms with Crippen molar-refractivity contribution in [1.29, 1.82) is 5.26 Å². The lowest BCUT2D eigenvalue weighted by molar-refractivity contribution is 0.281. The second-order valence-electron chi connectivity index (χ2n) is 3.88. The van der Waals surface area contributed by atoms with Crippen LogP contribution in [0.3, 0.4) is 0 Å². The highest BCUT2D eigenvalue weighted by molar-refractivity contribution is 5.06. The first-order chi connectivity index (χ1) is 5.37. The Kier molecular flexibility index (Phi) is 1.61. The van der Waals surface area contributed by atoms with Crippen LogP contribution in [-0.2, 0) is 0 Å². The van der Waals surface area contributed by atoms with Crippen LogP contribution in [0, 0.1) is 22.7 Å². The maximum Gasteiger partial charge on any atom is 0.0675 e. The summed E-state index contributed by atoms with van der Waals surface area (Å²) >= 11 is 0. The molecular formula is C9H14N2. The highest BCUT2D eigenvalue weighted by atomic mass is 14.9. The predicted octanol–water partition coefficient (Wildman–Crippen LogP) is 1.29. The first kappa shape index (κ1) is 7.12. The van der Waals surface area contributed by atoms with Gasteiger partial charge in [-0.3, -0.25) is 0 Å². The average Bonchev–Trinajstić information content (AvgIpc) is 2.62. The Morgan fingerprint density at radius 3 is 2.73 bits per heavy atom. The van der Waals surface area contributed by atoms with Crippen LogP contribution < -0.4 is 5.32 Å². The number of nitrogens with zero attached hydrogens (tertiary/aromatic N) is 1. The van der Waals surface area contributed by atoms with Crippen molar-refractivity contribution in [3.63, 3.8) is 0 Å². The highest BCUT2D eigenvalue weighted by Crippen LogP contribution is 2.45. The first-order valence-electron chi connectivity index (χ1n) is 4.48. The molecule has 1 N–H and O–H groups in total. The van der Waals surface area contributed by atoms with E-state index < -0.39 is 0 Å². The van der Waals surface area contributed by atoms with E-state index >= 15 is 0 Å². The van der Waals surface area contributed by atoms with E-state index in [0.717, 1.165) is 13.1 Å². The highest BCUT2D eigenvalue weighted by Gasteiger charge is 2.44. The van der Waals surface area contributed by atoms with Crippen molar-refractivity contribution in [2.45, 2.75) is 25.7 Å². The molecule has 11 heavy (non-hydrogen) atoms. The number of hydrogen-bond acceptors (Lipinski definition) is 2. The molecule has 1 atom stereocenters. The molecule has 60 valence electrons. The molecule has 2 fully saturated rings. The number of nitriles is 1. The second kappa shape index (κ2) is 2.49. The molecule has 0 unspecified atom stereocenters. The van der Waals surface area contributed by atoms with Gasteiger partial charge in [-0.25, -0.2) is 0 Å². The fraction of sp³-hybridized carbons (Fsp3) is 0.889. The summed E-state index contributed by atoms with van der Waals surface area (Å²) in [6, 6.07) is 2.43. The van der Waals surface area contributed by atoms with Gasteiger partial charge in [-0.05, 0) is 18.3 Å². The van der Waals surface area contributed by atoms with Crippen molar-refractivity contribution >= 4 is 0 Å². The van der Waals surface area contributed by atoms with Gasteiger partial charge in [0.15, 0.2) is 0 Å². The quantitative estimate of drug-likeness (QED) is 0.564. The van der Waals surface area contributed by atoms with Crippen molar-refractivity contribution in [2.75, 3.05) is 13.1 Å². The minimum atomic E-state index is 0.296. The van der Waals surface area contributed by atoms with Gasteiger partial charge in [0.05, 0.1) is 12.0 Å². The number of hydrogen-bond donors (Lipinski definition) is 1. The third-order valence-electron chi connectivity index (χ3n) is 3.32. The van der Waals surface area contributed by atoms with Crippen LogP contribution in [0.1, 0.15) is 25.7 Å². The van der Waals surface area contributed by atoms with E-state index in [4.69, 9.17) is 5.26 Å². The van der Waals surface area contributed by atoms with Crippen LogP contribution in [0.4, 0.5) is 0 Å². The maximum absolute atomic E-state index is 8.90. The smallest absolute Gasteiger partial charge is 0.0675 e. The van der Waals surface area contributed by atoms with E-state index in [9.17, 15) is 0 Å². The molecule has 2 rings (SSSR count). The monoisotopic (exact) mass is 150 g/mol. The summed E-state index contributed by atoms with van der Waals surface area (Å²) in [4.78, 5) is 0. The SMILES string of the molecule is N#C[C@H]1CNCC12CCCC2. The second-order valence-corrected chi connectivity index (χ2v) is 3.88. The molecule has 0 radical (unpaired) electrons. The number of nitrogens with one attached hydrogen (secondary N) is 1. The third-order valence-corrected chi connectivity index (χ3v) is 3.32. The Balaban J connectivity index is 2.17. The van der Waals surface area contributed by atoms with Gasteiger partial charge in [0.2, 0.25) is 0 Å². The van der Waals surface area contributed by atoms with E-state index in [1.54, 1.807) is 0 Å². The van der Waals surface area contributed by atoms with Crippen LogP contribution in [0.2, 0.25) is 0 Å². The van der Waals surface area contributed by atoms with Gasteiger partial charge in [-0.1, -0.05) is 12.8 Å². The molecule has 1 saturated heterocycles. The minimum absolute atomic E-state index is 0.296. The molecule has 1 heterocycles. The molecule has 1 spiro atoms. The standard InChI is InChI=1S/C9H14N2/c10-5-8-6-11-7-9(8)3-1-2-4-9/h8,11H,1-4,6-7H2/t8-/m0/s1. The number of rotatable bonds is 0. The largest absolute Gasteiger partial charge is 0.315 e. The van der Waals surface area contributed by atoms with E-state index in [0.29, 0.717) is 11.3 Å². The van der Waals surface area contributed by atoms with Crippen molar-refractivity contribution in [3.8, 4) is 6.07 Å². The van der Waals surface area contributed by atoms with Gasteiger partial charge in [-0.2, -0.15) is 5.26 Å². The molecule has 2 aliphatic rings.